The molecular weight excluding hydrogens is 247 g/mol. The molecule has 0 fully saturated rings. The Labute approximate surface area is 102 Å². The second kappa shape index (κ2) is 8.64. The summed E-state index contributed by atoms with van der Waals surface area (Å²) in [5.74, 6) is -0.723. The van der Waals surface area contributed by atoms with E-state index >= 15 is 0 Å². The molecule has 6 nitrogen and oxygen atoms in total. The summed E-state index contributed by atoms with van der Waals surface area (Å²) in [4.78, 5) is 11.7. The van der Waals surface area contributed by atoms with E-state index in [1.807, 2.05) is 0 Å². The maximum atomic E-state index is 11.9. The molecule has 0 aromatic heterocycles. The highest BCUT2D eigenvalue weighted by molar-refractivity contribution is 7.49. The molecule has 0 rings (SSSR count). The van der Waals surface area contributed by atoms with Gasteiger partial charge in [-0.05, 0) is 27.2 Å². The lowest BCUT2D eigenvalue weighted by molar-refractivity contribution is -0.149. The van der Waals surface area contributed by atoms with Gasteiger partial charge in [-0.3, -0.25) is 9.05 Å². The van der Waals surface area contributed by atoms with Crippen molar-refractivity contribution in [1.29, 1.82) is 0 Å². The van der Waals surface area contributed by atoms with Crippen LogP contribution in [0.25, 0.3) is 0 Å². The van der Waals surface area contributed by atoms with Crippen LogP contribution in [-0.4, -0.2) is 31.9 Å². The molecule has 1 atom stereocenters. The summed E-state index contributed by atoms with van der Waals surface area (Å²) in [6, 6.07) is 0. The Morgan fingerprint density at radius 1 is 1.06 bits per heavy atom. The minimum Gasteiger partial charge on any atom is -0.368 e. The first-order valence-electron chi connectivity index (χ1n) is 5.77. The largest absolute Gasteiger partial charge is 0.532 e. The fourth-order valence-corrected chi connectivity index (χ4v) is 2.28. The van der Waals surface area contributed by atoms with Gasteiger partial charge in [0.25, 0.3) is 0 Å². The maximum absolute atomic E-state index is 11.9. The molecule has 0 amide bonds. The third kappa shape index (κ3) is 6.17. The molecule has 17 heavy (non-hydrogen) atoms. The summed E-state index contributed by atoms with van der Waals surface area (Å²) in [5.41, 5.74) is 0. The predicted molar refractivity (Wildman–Crippen MR) is 62.7 cm³/mol. The third-order valence-corrected chi connectivity index (χ3v) is 3.33. The molecule has 0 aliphatic carbocycles. The van der Waals surface area contributed by atoms with E-state index in [0.29, 0.717) is 13.0 Å². The van der Waals surface area contributed by atoms with Gasteiger partial charge in [-0.25, -0.2) is 9.36 Å². The number of hydrogen-bond donors (Lipinski definition) is 0. The summed E-state index contributed by atoms with van der Waals surface area (Å²) in [5, 5.41) is 0. The van der Waals surface area contributed by atoms with Crippen molar-refractivity contribution < 1.29 is 27.7 Å². The quantitative estimate of drug-likeness (QED) is 0.598. The van der Waals surface area contributed by atoms with Gasteiger partial charge in [-0.15, -0.1) is 0 Å². The number of carbonyl (C=O) groups is 1. The monoisotopic (exact) mass is 268 g/mol. The summed E-state index contributed by atoms with van der Waals surface area (Å²) in [6.45, 7) is 7.46. The minimum absolute atomic E-state index is 0.135. The van der Waals surface area contributed by atoms with Crippen LogP contribution in [0.5, 0.6) is 0 Å². The second-order valence-corrected chi connectivity index (χ2v) is 4.64. The molecule has 0 saturated heterocycles. The average molecular weight is 268 g/mol. The van der Waals surface area contributed by atoms with E-state index in [2.05, 4.69) is 0 Å². The zero-order valence-corrected chi connectivity index (χ0v) is 11.7. The topological polar surface area (TPSA) is 71.1 Å². The van der Waals surface area contributed by atoms with Crippen molar-refractivity contribution in [1.82, 2.24) is 0 Å². The smallest absolute Gasteiger partial charge is 0.368 e. The van der Waals surface area contributed by atoms with Gasteiger partial charge in [-0.2, -0.15) is 0 Å². The lowest BCUT2D eigenvalue weighted by Crippen LogP contribution is -2.25. The number of carbonyl (C=O) groups excluding carboxylic acids is 1. The zero-order valence-electron chi connectivity index (χ0n) is 10.8. The predicted octanol–water partition coefficient (Wildman–Crippen LogP) is 2.53. The van der Waals surface area contributed by atoms with Crippen LogP contribution in [0.2, 0.25) is 0 Å². The Bertz CT molecular complexity index is 258. The van der Waals surface area contributed by atoms with Gasteiger partial charge in [0, 0.05) is 6.61 Å². The highest BCUT2D eigenvalue weighted by Gasteiger charge is 2.33. The molecule has 0 radical (unpaired) electrons. The number of phosphoric acid groups is 1. The van der Waals surface area contributed by atoms with E-state index < -0.39 is 19.9 Å². The van der Waals surface area contributed by atoms with E-state index in [4.69, 9.17) is 18.3 Å². The van der Waals surface area contributed by atoms with Crippen LogP contribution < -0.4 is 0 Å². The fraction of sp³-hybridized carbons (Fsp3) is 0.900. The Morgan fingerprint density at radius 2 is 1.59 bits per heavy atom. The molecule has 0 aromatic rings. The normalized spacial score (nSPS) is 13.4. The van der Waals surface area contributed by atoms with Crippen LogP contribution in [-0.2, 0) is 27.7 Å². The van der Waals surface area contributed by atoms with Crippen LogP contribution in [0.15, 0.2) is 0 Å². The molecule has 0 aliphatic heterocycles. The van der Waals surface area contributed by atoms with Crippen molar-refractivity contribution in [2.75, 3.05) is 19.8 Å². The number of phosphoric ester groups is 1. The fourth-order valence-electron chi connectivity index (χ4n) is 1.13. The van der Waals surface area contributed by atoms with Gasteiger partial charge in [0.05, 0.1) is 13.2 Å². The first-order valence-corrected chi connectivity index (χ1v) is 7.23. The molecule has 0 N–H and O–H groups in total. The van der Waals surface area contributed by atoms with Crippen molar-refractivity contribution in [2.45, 2.75) is 40.2 Å². The molecule has 7 heteroatoms. The summed E-state index contributed by atoms with van der Waals surface area (Å²) < 4.78 is 31.5. The van der Waals surface area contributed by atoms with Crippen molar-refractivity contribution in [2.24, 2.45) is 0 Å². The molecule has 102 valence electrons. The van der Waals surface area contributed by atoms with Crippen molar-refractivity contribution >= 4 is 13.8 Å². The van der Waals surface area contributed by atoms with Crippen LogP contribution >= 0.6 is 7.82 Å². The number of ether oxygens (including phenoxy) is 1. The van der Waals surface area contributed by atoms with Gasteiger partial charge < -0.3 is 9.26 Å². The third-order valence-electron chi connectivity index (χ3n) is 1.78. The van der Waals surface area contributed by atoms with Crippen molar-refractivity contribution in [3.05, 3.63) is 0 Å². The molecule has 0 aliphatic rings. The van der Waals surface area contributed by atoms with Gasteiger partial charge in [0.2, 0.25) is 0 Å². The van der Waals surface area contributed by atoms with Gasteiger partial charge >= 0.3 is 13.8 Å². The molecule has 0 saturated carbocycles. The van der Waals surface area contributed by atoms with Crippen LogP contribution in [0, 0.1) is 0 Å². The number of hydrogen-bond acceptors (Lipinski definition) is 6. The maximum Gasteiger partial charge on any atom is 0.532 e. The molecule has 0 bridgehead atoms. The van der Waals surface area contributed by atoms with Crippen LogP contribution in [0.4, 0.5) is 0 Å². The van der Waals surface area contributed by atoms with Crippen molar-refractivity contribution in [3.8, 4) is 0 Å². The molecule has 0 aromatic carbocycles. The summed E-state index contributed by atoms with van der Waals surface area (Å²) in [6.07, 6.45) is -0.306. The Balaban J connectivity index is 4.53. The van der Waals surface area contributed by atoms with E-state index in [9.17, 15) is 9.36 Å². The van der Waals surface area contributed by atoms with Gasteiger partial charge in [0.15, 0.2) is 6.10 Å². The minimum atomic E-state index is -3.80. The average Bonchev–Trinajstić information content (AvgIpc) is 2.25. The van der Waals surface area contributed by atoms with E-state index in [0.717, 1.165) is 0 Å². The van der Waals surface area contributed by atoms with E-state index in [1.54, 1.807) is 27.7 Å². The standard InChI is InChI=1S/C10H21O6P/c1-5-9(13-6-2)10(11)16-17(12,14-7-3)15-8-4/h9H,5-8H2,1-4H3. The SMILES string of the molecule is CCOC(CC)C(=O)OP(=O)(OCC)OCC. The van der Waals surface area contributed by atoms with E-state index in [-0.39, 0.29) is 13.2 Å². The first kappa shape index (κ1) is 16.6. The van der Waals surface area contributed by atoms with Gasteiger partial charge in [0.1, 0.15) is 0 Å². The Morgan fingerprint density at radius 3 is 1.94 bits per heavy atom. The van der Waals surface area contributed by atoms with E-state index in [1.165, 1.54) is 0 Å². The summed E-state index contributed by atoms with van der Waals surface area (Å²) >= 11 is 0. The second-order valence-electron chi connectivity index (χ2n) is 3.05. The number of rotatable bonds is 9. The molecular formula is C10H21O6P. The first-order chi connectivity index (χ1) is 8.02. The highest BCUT2D eigenvalue weighted by Crippen LogP contribution is 2.49. The molecule has 0 spiro atoms. The lowest BCUT2D eigenvalue weighted by Gasteiger charge is -2.19. The van der Waals surface area contributed by atoms with Crippen molar-refractivity contribution in [3.63, 3.8) is 0 Å². The van der Waals surface area contributed by atoms with Crippen LogP contribution in [0.3, 0.4) is 0 Å². The highest BCUT2D eigenvalue weighted by atomic mass is 31.2. The Kier molecular flexibility index (Phi) is 8.43. The summed E-state index contributed by atoms with van der Waals surface area (Å²) in [7, 11) is -3.80. The molecule has 0 heterocycles. The van der Waals surface area contributed by atoms with Crippen LogP contribution in [0.1, 0.15) is 34.1 Å². The molecule has 1 unspecified atom stereocenters. The zero-order chi connectivity index (χ0) is 13.3. The van der Waals surface area contributed by atoms with Gasteiger partial charge in [-0.1, -0.05) is 6.92 Å². The lowest BCUT2D eigenvalue weighted by atomic mass is 10.3. The Hall–Kier alpha value is -0.420.